The van der Waals surface area contributed by atoms with Gasteiger partial charge in [0.05, 0.1) is 22.8 Å². The van der Waals surface area contributed by atoms with Gasteiger partial charge >= 0.3 is 0 Å². The number of hydrogen-bond donors (Lipinski definition) is 1. The number of benzene rings is 2. The zero-order valence-electron chi connectivity index (χ0n) is 14.0. The molecule has 0 fully saturated rings. The summed E-state index contributed by atoms with van der Waals surface area (Å²) >= 11 is 18.5. The molecule has 0 atom stereocenters. The van der Waals surface area contributed by atoms with Crippen molar-refractivity contribution in [2.24, 2.45) is 5.10 Å². The molecule has 2 aromatic heterocycles. The zero-order valence-corrected chi connectivity index (χ0v) is 16.3. The molecule has 4 rings (SSSR count). The van der Waals surface area contributed by atoms with Crippen LogP contribution < -0.4 is 5.43 Å². The fourth-order valence-corrected chi connectivity index (χ4v) is 3.20. The van der Waals surface area contributed by atoms with E-state index >= 15 is 0 Å². The number of hydrazone groups is 1. The van der Waals surface area contributed by atoms with Gasteiger partial charge in [-0.1, -0.05) is 53.0 Å². The van der Waals surface area contributed by atoms with Crippen LogP contribution in [-0.2, 0) is 0 Å². The number of fused-ring (bicyclic) bond motifs is 2. The summed E-state index contributed by atoms with van der Waals surface area (Å²) in [7, 11) is 0. The van der Waals surface area contributed by atoms with E-state index in [0.29, 0.717) is 32.6 Å². The van der Waals surface area contributed by atoms with E-state index in [2.05, 4.69) is 25.5 Å². The lowest BCUT2D eigenvalue weighted by Gasteiger charge is -2.06. The molecule has 4 aromatic rings. The van der Waals surface area contributed by atoms with Gasteiger partial charge in [0, 0.05) is 16.0 Å². The number of aryl methyl sites for hydroxylation is 1. The second-order valence-electron chi connectivity index (χ2n) is 5.88. The number of para-hydroxylation sites is 1. The molecule has 0 unspecified atom stereocenters. The second kappa shape index (κ2) is 7.27. The van der Waals surface area contributed by atoms with Crippen LogP contribution in [0.3, 0.4) is 0 Å². The predicted molar refractivity (Wildman–Crippen MR) is 112 cm³/mol. The third-order valence-corrected chi connectivity index (χ3v) is 4.79. The monoisotopic (exact) mass is 415 g/mol. The number of nitrogens with one attached hydrogen (secondary N) is 1. The van der Waals surface area contributed by atoms with Gasteiger partial charge in [0.1, 0.15) is 5.15 Å². The summed E-state index contributed by atoms with van der Waals surface area (Å²) in [4.78, 5) is 13.1. The second-order valence-corrected chi connectivity index (χ2v) is 7.03. The van der Waals surface area contributed by atoms with Crippen molar-refractivity contribution in [1.29, 1.82) is 0 Å². The summed E-state index contributed by atoms with van der Waals surface area (Å²) in [5.41, 5.74) is 6.67. The largest absolute Gasteiger partial charge is 0.259 e. The molecule has 2 aromatic carbocycles. The number of anilines is 1. The molecule has 1 N–H and O–H groups in total. The van der Waals surface area contributed by atoms with Crippen LogP contribution in [0.5, 0.6) is 0 Å². The summed E-state index contributed by atoms with van der Waals surface area (Å²) < 4.78 is 0. The van der Waals surface area contributed by atoms with Crippen LogP contribution in [0.15, 0.2) is 47.6 Å². The molecule has 8 heteroatoms. The summed E-state index contributed by atoms with van der Waals surface area (Å²) in [5.74, 6) is 0.323. The average Bonchev–Trinajstić information content (AvgIpc) is 2.64. The van der Waals surface area contributed by atoms with Crippen molar-refractivity contribution in [2.45, 2.75) is 6.92 Å². The van der Waals surface area contributed by atoms with Gasteiger partial charge in [0.25, 0.3) is 0 Å². The van der Waals surface area contributed by atoms with E-state index in [1.54, 1.807) is 24.4 Å². The molecular formula is C19H12Cl3N5. The van der Waals surface area contributed by atoms with Gasteiger partial charge in [-0.15, -0.1) is 0 Å². The molecule has 0 saturated heterocycles. The quantitative estimate of drug-likeness (QED) is 0.257. The highest BCUT2D eigenvalue weighted by atomic mass is 35.5. The van der Waals surface area contributed by atoms with Crippen LogP contribution >= 0.6 is 34.8 Å². The lowest BCUT2D eigenvalue weighted by Crippen LogP contribution is -1.98. The Morgan fingerprint density at radius 2 is 1.78 bits per heavy atom. The summed E-state index contributed by atoms with van der Waals surface area (Å²) in [6, 6.07) is 13.1. The highest BCUT2D eigenvalue weighted by molar-refractivity contribution is 6.33. The van der Waals surface area contributed by atoms with E-state index in [4.69, 9.17) is 34.8 Å². The first-order valence-electron chi connectivity index (χ1n) is 7.99. The number of hydrogen-bond acceptors (Lipinski definition) is 5. The van der Waals surface area contributed by atoms with E-state index in [1.165, 1.54) is 0 Å². The lowest BCUT2D eigenvalue weighted by atomic mass is 10.1. The normalized spacial score (nSPS) is 11.6. The number of nitrogens with zero attached hydrogens (tertiary/aromatic N) is 4. The summed E-state index contributed by atoms with van der Waals surface area (Å²) in [5, 5.41) is 6.30. The van der Waals surface area contributed by atoms with Gasteiger partial charge in [-0.25, -0.2) is 15.0 Å². The van der Waals surface area contributed by atoms with Crippen molar-refractivity contribution in [1.82, 2.24) is 15.0 Å². The maximum atomic E-state index is 6.28. The molecule has 0 radical (unpaired) electrons. The molecule has 0 amide bonds. The van der Waals surface area contributed by atoms with Gasteiger partial charge in [-0.2, -0.15) is 5.10 Å². The third-order valence-electron chi connectivity index (χ3n) is 3.99. The molecule has 5 nitrogen and oxygen atoms in total. The number of halogens is 3. The predicted octanol–water partition coefficient (Wildman–Crippen LogP) is 5.89. The smallest absolute Gasteiger partial charge is 0.185 e. The fraction of sp³-hybridized carbons (Fsp3) is 0.0526. The molecule has 0 aliphatic rings. The van der Waals surface area contributed by atoms with E-state index in [1.807, 2.05) is 31.2 Å². The van der Waals surface area contributed by atoms with Crippen molar-refractivity contribution < 1.29 is 0 Å². The minimum Gasteiger partial charge on any atom is -0.259 e. The van der Waals surface area contributed by atoms with Crippen molar-refractivity contribution >= 4 is 68.8 Å². The van der Waals surface area contributed by atoms with Crippen molar-refractivity contribution in [3.63, 3.8) is 0 Å². The van der Waals surface area contributed by atoms with Gasteiger partial charge < -0.3 is 0 Å². The average molecular weight is 417 g/mol. The first-order chi connectivity index (χ1) is 13.0. The lowest BCUT2D eigenvalue weighted by molar-refractivity contribution is 1.22. The van der Waals surface area contributed by atoms with Crippen molar-refractivity contribution in [3.8, 4) is 0 Å². The molecule has 0 aliphatic carbocycles. The Morgan fingerprint density at radius 3 is 2.63 bits per heavy atom. The van der Waals surface area contributed by atoms with Crippen LogP contribution in [0.1, 0.15) is 11.1 Å². The Morgan fingerprint density at radius 1 is 0.926 bits per heavy atom. The molecule has 2 heterocycles. The van der Waals surface area contributed by atoms with E-state index in [9.17, 15) is 0 Å². The number of rotatable bonds is 3. The Kier molecular flexibility index (Phi) is 4.83. The number of pyridine rings is 1. The van der Waals surface area contributed by atoms with E-state index < -0.39 is 0 Å². The summed E-state index contributed by atoms with van der Waals surface area (Å²) in [6.07, 6.45) is 1.57. The first kappa shape index (κ1) is 17.9. The van der Waals surface area contributed by atoms with Crippen LogP contribution in [0, 0.1) is 6.92 Å². The van der Waals surface area contributed by atoms with Crippen molar-refractivity contribution in [2.75, 3.05) is 5.43 Å². The maximum Gasteiger partial charge on any atom is 0.185 e. The Bertz CT molecular complexity index is 1210. The van der Waals surface area contributed by atoms with Crippen LogP contribution in [0.2, 0.25) is 15.3 Å². The highest BCUT2D eigenvalue weighted by Crippen LogP contribution is 2.24. The Hall–Kier alpha value is -2.47. The van der Waals surface area contributed by atoms with Gasteiger partial charge in [-0.3, -0.25) is 5.43 Å². The van der Waals surface area contributed by atoms with Crippen LogP contribution in [0.4, 0.5) is 5.82 Å². The zero-order chi connectivity index (χ0) is 19.0. The number of aromatic nitrogens is 3. The summed E-state index contributed by atoms with van der Waals surface area (Å²) in [6.45, 7) is 1.99. The first-order valence-corrected chi connectivity index (χ1v) is 9.12. The van der Waals surface area contributed by atoms with E-state index in [0.717, 1.165) is 16.5 Å². The third kappa shape index (κ3) is 3.67. The molecule has 0 bridgehead atoms. The van der Waals surface area contributed by atoms with E-state index in [-0.39, 0.29) is 5.15 Å². The van der Waals surface area contributed by atoms with Crippen molar-refractivity contribution in [3.05, 3.63) is 68.9 Å². The topological polar surface area (TPSA) is 63.1 Å². The molecule has 0 saturated carbocycles. The minimum absolute atomic E-state index is 0.209. The molecule has 0 spiro atoms. The molecule has 0 aliphatic heterocycles. The molecule has 134 valence electrons. The SMILES string of the molecule is Cc1cccc2cc(/C=N/Nc3nc4cc(Cl)ccc4nc3Cl)c(Cl)nc12. The molecular weight excluding hydrogens is 405 g/mol. The fourth-order valence-electron chi connectivity index (χ4n) is 2.67. The highest BCUT2D eigenvalue weighted by Gasteiger charge is 2.08. The van der Waals surface area contributed by atoms with Gasteiger partial charge in [0.15, 0.2) is 11.0 Å². The Balaban J connectivity index is 1.64. The minimum atomic E-state index is 0.209. The van der Waals surface area contributed by atoms with Crippen LogP contribution in [-0.4, -0.2) is 21.2 Å². The maximum absolute atomic E-state index is 6.28. The molecule has 27 heavy (non-hydrogen) atoms. The van der Waals surface area contributed by atoms with Gasteiger partial charge in [-0.05, 0) is 36.8 Å². The van der Waals surface area contributed by atoms with Crippen LogP contribution in [0.25, 0.3) is 21.9 Å². The standard InChI is InChI=1S/C19H12Cl3N5/c1-10-3-2-4-11-7-12(17(21)26-16(10)11)9-23-27-19-18(22)24-14-6-5-13(20)8-15(14)25-19/h2-9H,1H3,(H,25,27)/b23-9+. The Labute approximate surface area is 170 Å². The van der Waals surface area contributed by atoms with Gasteiger partial charge in [0.2, 0.25) is 0 Å².